The maximum Gasteiger partial charge on any atom is 0.409 e. The number of nitrogens with zero attached hydrogens (tertiary/aromatic N) is 1. The molecule has 15 heavy (non-hydrogen) atoms. The monoisotopic (exact) mass is 210 g/mol. The van der Waals surface area contributed by atoms with Crippen molar-refractivity contribution in [1.29, 1.82) is 0 Å². The first kappa shape index (κ1) is 9.89. The van der Waals surface area contributed by atoms with E-state index in [4.69, 9.17) is 5.11 Å². The van der Waals surface area contributed by atoms with Crippen molar-refractivity contribution in [2.24, 2.45) is 5.92 Å². The Morgan fingerprint density at radius 2 is 2.40 bits per heavy atom. The molecule has 4 nitrogen and oxygen atoms in total. The zero-order valence-electron chi connectivity index (χ0n) is 8.03. The summed E-state index contributed by atoms with van der Waals surface area (Å²) >= 11 is 0. The van der Waals surface area contributed by atoms with E-state index in [1.807, 2.05) is 0 Å². The summed E-state index contributed by atoms with van der Waals surface area (Å²) in [4.78, 5) is 13.9. The first-order valence-corrected chi connectivity index (χ1v) is 4.79. The van der Waals surface area contributed by atoms with Gasteiger partial charge in [0, 0.05) is 0 Å². The molecule has 5 heteroatoms. The topological polar surface area (TPSA) is 62.2 Å². The minimum atomic E-state index is -1.15. The van der Waals surface area contributed by atoms with Crippen LogP contribution >= 0.6 is 0 Å². The molecule has 0 aliphatic heterocycles. The molecule has 0 atom stereocenters. The lowest BCUT2D eigenvalue weighted by molar-refractivity contribution is 0.209. The van der Waals surface area contributed by atoms with Gasteiger partial charge in [0.15, 0.2) is 0 Å². The molecule has 0 spiro atoms. The van der Waals surface area contributed by atoms with E-state index in [1.165, 1.54) is 12.3 Å². The van der Waals surface area contributed by atoms with E-state index in [2.05, 4.69) is 10.3 Å². The summed E-state index contributed by atoms with van der Waals surface area (Å²) in [7, 11) is 0. The van der Waals surface area contributed by atoms with Gasteiger partial charge in [-0.15, -0.1) is 0 Å². The molecule has 0 aromatic carbocycles. The molecule has 1 fully saturated rings. The number of rotatable bonds is 3. The number of hydrogen-bond acceptors (Lipinski definition) is 2. The van der Waals surface area contributed by atoms with Gasteiger partial charge in [-0.05, 0) is 36.8 Å². The van der Waals surface area contributed by atoms with Crippen LogP contribution in [0.4, 0.5) is 14.9 Å². The quantitative estimate of drug-likeness (QED) is 0.752. The SMILES string of the molecule is O=C(O)Nc1cnc(F)cc1CC1CC1. The molecule has 1 heterocycles. The molecular weight excluding hydrogens is 199 g/mol. The van der Waals surface area contributed by atoms with Crippen LogP contribution in [0.25, 0.3) is 0 Å². The number of nitrogens with one attached hydrogen (secondary N) is 1. The fourth-order valence-corrected chi connectivity index (χ4v) is 1.50. The number of carboxylic acid groups (broad SMARTS) is 1. The second-order valence-electron chi connectivity index (χ2n) is 3.74. The van der Waals surface area contributed by atoms with Crippen LogP contribution in [0.1, 0.15) is 18.4 Å². The summed E-state index contributed by atoms with van der Waals surface area (Å²) in [5.41, 5.74) is 1.07. The summed E-state index contributed by atoms with van der Waals surface area (Å²) in [6, 6.07) is 1.30. The Hall–Kier alpha value is -1.65. The maximum absolute atomic E-state index is 12.9. The van der Waals surface area contributed by atoms with Crippen LogP contribution in [-0.4, -0.2) is 16.2 Å². The Morgan fingerprint density at radius 1 is 1.67 bits per heavy atom. The lowest BCUT2D eigenvalue weighted by Crippen LogP contribution is -2.10. The standard InChI is InChI=1S/C10H11FN2O2/c11-9-4-7(3-6-1-2-6)8(5-12-9)13-10(14)15/h4-6,13H,1-3H2,(H,14,15). The number of halogens is 1. The summed E-state index contributed by atoms with van der Waals surface area (Å²) < 4.78 is 12.9. The smallest absolute Gasteiger partial charge is 0.409 e. The Labute approximate surface area is 86.1 Å². The molecule has 1 saturated carbocycles. The predicted molar refractivity (Wildman–Crippen MR) is 52.3 cm³/mol. The van der Waals surface area contributed by atoms with Crippen LogP contribution in [0.15, 0.2) is 12.3 Å². The number of aromatic nitrogens is 1. The van der Waals surface area contributed by atoms with Gasteiger partial charge in [-0.1, -0.05) is 0 Å². The third-order valence-corrected chi connectivity index (χ3v) is 2.40. The van der Waals surface area contributed by atoms with Crippen molar-refractivity contribution in [2.45, 2.75) is 19.3 Å². The highest BCUT2D eigenvalue weighted by molar-refractivity contribution is 5.83. The zero-order chi connectivity index (χ0) is 10.8. The summed E-state index contributed by atoms with van der Waals surface area (Å²) in [6.45, 7) is 0. The second kappa shape index (κ2) is 3.84. The average molecular weight is 210 g/mol. The van der Waals surface area contributed by atoms with Crippen molar-refractivity contribution < 1.29 is 14.3 Å². The minimum absolute atomic E-state index is 0.385. The van der Waals surface area contributed by atoms with E-state index < -0.39 is 12.0 Å². The number of anilines is 1. The van der Waals surface area contributed by atoms with E-state index in [-0.39, 0.29) is 0 Å². The first-order valence-electron chi connectivity index (χ1n) is 4.79. The molecule has 0 radical (unpaired) electrons. The molecule has 0 bridgehead atoms. The maximum atomic E-state index is 12.9. The molecule has 80 valence electrons. The van der Waals surface area contributed by atoms with E-state index in [1.54, 1.807) is 0 Å². The third-order valence-electron chi connectivity index (χ3n) is 2.40. The van der Waals surface area contributed by atoms with Gasteiger partial charge in [-0.25, -0.2) is 9.78 Å². The largest absolute Gasteiger partial charge is 0.465 e. The lowest BCUT2D eigenvalue weighted by Gasteiger charge is -2.07. The van der Waals surface area contributed by atoms with Crippen LogP contribution in [0.3, 0.4) is 0 Å². The highest BCUT2D eigenvalue weighted by Crippen LogP contribution is 2.34. The number of pyridine rings is 1. The molecule has 1 amide bonds. The van der Waals surface area contributed by atoms with Crippen molar-refractivity contribution in [3.63, 3.8) is 0 Å². The van der Waals surface area contributed by atoms with Crippen molar-refractivity contribution in [3.8, 4) is 0 Å². The highest BCUT2D eigenvalue weighted by Gasteiger charge is 2.23. The first-order chi connectivity index (χ1) is 7.15. The predicted octanol–water partition coefficient (Wildman–Crippen LogP) is 2.26. The van der Waals surface area contributed by atoms with Gasteiger partial charge >= 0.3 is 6.09 Å². The lowest BCUT2D eigenvalue weighted by atomic mass is 10.1. The van der Waals surface area contributed by atoms with Crippen LogP contribution in [0, 0.1) is 11.9 Å². The molecule has 2 N–H and O–H groups in total. The Kier molecular flexibility index (Phi) is 2.53. The van der Waals surface area contributed by atoms with Gasteiger partial charge in [0.25, 0.3) is 0 Å². The Bertz CT molecular complexity index is 391. The van der Waals surface area contributed by atoms with Gasteiger partial charge in [-0.2, -0.15) is 4.39 Å². The van der Waals surface area contributed by atoms with E-state index in [0.29, 0.717) is 17.2 Å². The van der Waals surface area contributed by atoms with Crippen molar-refractivity contribution >= 4 is 11.8 Å². The number of carbonyl (C=O) groups is 1. The summed E-state index contributed by atoms with van der Waals surface area (Å²) in [5, 5.41) is 10.8. The number of hydrogen-bond donors (Lipinski definition) is 2. The summed E-state index contributed by atoms with van der Waals surface area (Å²) in [5.74, 6) is 0.00253. The van der Waals surface area contributed by atoms with Gasteiger partial charge in [0.2, 0.25) is 5.95 Å². The zero-order valence-corrected chi connectivity index (χ0v) is 8.03. The molecule has 1 aromatic rings. The highest BCUT2D eigenvalue weighted by atomic mass is 19.1. The number of amides is 1. The van der Waals surface area contributed by atoms with Gasteiger partial charge in [0.1, 0.15) is 0 Å². The van der Waals surface area contributed by atoms with Crippen molar-refractivity contribution in [2.75, 3.05) is 5.32 Å². The fourth-order valence-electron chi connectivity index (χ4n) is 1.50. The average Bonchev–Trinajstić information content (AvgIpc) is 2.93. The molecule has 1 aromatic heterocycles. The summed E-state index contributed by atoms with van der Waals surface area (Å²) in [6.07, 6.45) is 3.06. The van der Waals surface area contributed by atoms with Gasteiger partial charge in [0.05, 0.1) is 11.9 Å². The second-order valence-corrected chi connectivity index (χ2v) is 3.74. The molecule has 0 saturated heterocycles. The third kappa shape index (κ3) is 2.65. The van der Waals surface area contributed by atoms with Crippen molar-refractivity contribution in [1.82, 2.24) is 4.98 Å². The van der Waals surface area contributed by atoms with Gasteiger partial charge in [-0.3, -0.25) is 5.32 Å². The Morgan fingerprint density at radius 3 is 3.00 bits per heavy atom. The normalized spacial score (nSPS) is 15.0. The fraction of sp³-hybridized carbons (Fsp3) is 0.400. The molecule has 0 unspecified atom stereocenters. The van der Waals surface area contributed by atoms with E-state index >= 15 is 0 Å². The van der Waals surface area contributed by atoms with Crippen molar-refractivity contribution in [3.05, 3.63) is 23.8 Å². The Balaban J connectivity index is 2.21. The van der Waals surface area contributed by atoms with Crippen LogP contribution in [0.5, 0.6) is 0 Å². The van der Waals surface area contributed by atoms with Crippen LogP contribution < -0.4 is 5.32 Å². The molecule has 1 aliphatic carbocycles. The van der Waals surface area contributed by atoms with E-state index in [9.17, 15) is 9.18 Å². The minimum Gasteiger partial charge on any atom is -0.465 e. The molecule has 1 aliphatic rings. The van der Waals surface area contributed by atoms with Crippen LogP contribution in [-0.2, 0) is 6.42 Å². The molecular formula is C10H11FN2O2. The van der Waals surface area contributed by atoms with Gasteiger partial charge < -0.3 is 5.11 Å². The van der Waals surface area contributed by atoms with E-state index in [0.717, 1.165) is 19.3 Å². The van der Waals surface area contributed by atoms with Crippen LogP contribution in [0.2, 0.25) is 0 Å². The molecule has 2 rings (SSSR count).